The van der Waals surface area contributed by atoms with E-state index in [0.29, 0.717) is 12.3 Å². The van der Waals surface area contributed by atoms with Crippen LogP contribution in [0.25, 0.3) is 0 Å². The Balaban J connectivity index is 1.94. The number of rotatable bonds is 1. The van der Waals surface area contributed by atoms with E-state index in [1.54, 1.807) is 0 Å². The molecule has 3 rings (SSSR count). The number of esters is 1. The predicted octanol–water partition coefficient (Wildman–Crippen LogP) is 0.527. The molecular weight excluding hydrogens is 156 g/mol. The van der Waals surface area contributed by atoms with E-state index < -0.39 is 0 Å². The molecule has 0 aromatic carbocycles. The van der Waals surface area contributed by atoms with Gasteiger partial charge < -0.3 is 9.53 Å². The first-order valence-corrected chi connectivity index (χ1v) is 4.42. The second-order valence-corrected chi connectivity index (χ2v) is 4.21. The van der Waals surface area contributed by atoms with Gasteiger partial charge in [0.1, 0.15) is 12.4 Å². The topological polar surface area (TPSA) is 43.4 Å². The first-order chi connectivity index (χ1) is 5.76. The molecule has 0 amide bonds. The fourth-order valence-electron chi connectivity index (χ4n) is 3.00. The molecule has 0 aromatic heterocycles. The lowest BCUT2D eigenvalue weighted by atomic mass is 9.89. The van der Waals surface area contributed by atoms with Crippen molar-refractivity contribution in [2.75, 3.05) is 0 Å². The molecule has 0 radical (unpaired) electrons. The largest absolute Gasteiger partial charge is 0.462 e. The molecule has 0 bridgehead atoms. The van der Waals surface area contributed by atoms with Crippen molar-refractivity contribution in [3.63, 3.8) is 0 Å². The lowest BCUT2D eigenvalue weighted by Gasteiger charge is -2.13. The summed E-state index contributed by atoms with van der Waals surface area (Å²) in [5, 5.41) is 0. The average molecular weight is 166 g/mol. The Morgan fingerprint density at radius 1 is 1.58 bits per heavy atom. The molecule has 2 saturated carbocycles. The van der Waals surface area contributed by atoms with E-state index in [0.717, 1.165) is 19.1 Å². The van der Waals surface area contributed by atoms with Crippen molar-refractivity contribution in [2.24, 2.45) is 17.3 Å². The summed E-state index contributed by atoms with van der Waals surface area (Å²) < 4.78 is 5.12. The zero-order chi connectivity index (χ0) is 8.34. The minimum atomic E-state index is -0.142. The third kappa shape index (κ3) is 0.551. The van der Waals surface area contributed by atoms with Crippen LogP contribution < -0.4 is 0 Å². The number of ether oxygens (including phenoxy) is 1. The SMILES string of the molecule is O=CC12CC1CC1OC(=O)CC12. The van der Waals surface area contributed by atoms with Crippen LogP contribution in [0.15, 0.2) is 0 Å². The van der Waals surface area contributed by atoms with Crippen LogP contribution in [0.5, 0.6) is 0 Å². The molecule has 3 fully saturated rings. The maximum absolute atomic E-state index is 10.9. The monoisotopic (exact) mass is 166 g/mol. The lowest BCUT2D eigenvalue weighted by molar-refractivity contribution is -0.141. The van der Waals surface area contributed by atoms with Crippen LogP contribution in [0.4, 0.5) is 0 Å². The molecule has 0 N–H and O–H groups in total. The molecule has 12 heavy (non-hydrogen) atoms. The Morgan fingerprint density at radius 3 is 3.17 bits per heavy atom. The second kappa shape index (κ2) is 1.73. The summed E-state index contributed by atoms with van der Waals surface area (Å²) in [5.41, 5.74) is -0.142. The first kappa shape index (κ1) is 6.63. The van der Waals surface area contributed by atoms with E-state index in [-0.39, 0.29) is 23.4 Å². The van der Waals surface area contributed by atoms with E-state index >= 15 is 0 Å². The number of fused-ring (bicyclic) bond motifs is 3. The molecule has 64 valence electrons. The number of aldehydes is 1. The van der Waals surface area contributed by atoms with Crippen molar-refractivity contribution in [2.45, 2.75) is 25.4 Å². The second-order valence-electron chi connectivity index (χ2n) is 4.21. The standard InChI is InChI=1S/C9H10O3/c10-4-9-3-5(9)1-7-6(9)2-8(11)12-7/h4-7H,1-3H2. The highest BCUT2D eigenvalue weighted by atomic mass is 16.6. The van der Waals surface area contributed by atoms with Gasteiger partial charge >= 0.3 is 5.97 Å². The van der Waals surface area contributed by atoms with Crippen LogP contribution in [0, 0.1) is 17.3 Å². The molecule has 3 heteroatoms. The Kier molecular flexibility index (Phi) is 0.955. The quantitative estimate of drug-likeness (QED) is 0.421. The van der Waals surface area contributed by atoms with E-state index in [2.05, 4.69) is 0 Å². The predicted molar refractivity (Wildman–Crippen MR) is 39.2 cm³/mol. The van der Waals surface area contributed by atoms with Gasteiger partial charge in [-0.1, -0.05) is 0 Å². The lowest BCUT2D eigenvalue weighted by Crippen LogP contribution is -2.20. The minimum absolute atomic E-state index is 0.0708. The van der Waals surface area contributed by atoms with E-state index in [1.807, 2.05) is 0 Å². The summed E-state index contributed by atoms with van der Waals surface area (Å²) in [6, 6.07) is 0. The van der Waals surface area contributed by atoms with Crippen molar-refractivity contribution in [3.8, 4) is 0 Å². The van der Waals surface area contributed by atoms with Crippen LogP contribution in [0.2, 0.25) is 0 Å². The molecule has 1 aliphatic heterocycles. The average Bonchev–Trinajstić information content (AvgIpc) is 2.49. The van der Waals surface area contributed by atoms with E-state index in [1.165, 1.54) is 0 Å². The number of hydrogen-bond donors (Lipinski definition) is 0. The van der Waals surface area contributed by atoms with Crippen LogP contribution >= 0.6 is 0 Å². The molecule has 1 heterocycles. The van der Waals surface area contributed by atoms with Crippen molar-refractivity contribution in [1.82, 2.24) is 0 Å². The molecule has 0 aromatic rings. The van der Waals surface area contributed by atoms with Crippen molar-refractivity contribution >= 4 is 12.3 Å². The third-order valence-corrected chi connectivity index (χ3v) is 3.74. The van der Waals surface area contributed by atoms with Gasteiger partial charge in [-0.25, -0.2) is 0 Å². The van der Waals surface area contributed by atoms with E-state index in [4.69, 9.17) is 4.74 Å². The van der Waals surface area contributed by atoms with Gasteiger partial charge in [-0.3, -0.25) is 4.79 Å². The van der Waals surface area contributed by atoms with Gasteiger partial charge in [-0.05, 0) is 18.8 Å². The molecule has 2 aliphatic carbocycles. The number of hydrogen-bond acceptors (Lipinski definition) is 3. The zero-order valence-corrected chi connectivity index (χ0v) is 6.66. The molecule has 4 unspecified atom stereocenters. The third-order valence-electron chi connectivity index (χ3n) is 3.74. The molecular formula is C9H10O3. The highest BCUT2D eigenvalue weighted by Crippen LogP contribution is 2.68. The summed E-state index contributed by atoms with van der Waals surface area (Å²) in [4.78, 5) is 21.8. The Labute approximate surface area is 70.1 Å². The van der Waals surface area contributed by atoms with Gasteiger partial charge in [-0.2, -0.15) is 0 Å². The van der Waals surface area contributed by atoms with Crippen LogP contribution in [-0.2, 0) is 14.3 Å². The Bertz CT molecular complexity index is 273. The number of carbonyl (C=O) groups is 2. The highest BCUT2D eigenvalue weighted by molar-refractivity contribution is 5.76. The molecule has 0 spiro atoms. The summed E-state index contributed by atoms with van der Waals surface area (Å²) in [6.45, 7) is 0. The molecule has 3 aliphatic rings. The summed E-state index contributed by atoms with van der Waals surface area (Å²) in [7, 11) is 0. The van der Waals surface area contributed by atoms with Gasteiger partial charge in [0, 0.05) is 11.3 Å². The number of carbonyl (C=O) groups excluding carboxylic acids is 2. The van der Waals surface area contributed by atoms with Crippen molar-refractivity contribution < 1.29 is 14.3 Å². The molecule has 4 atom stereocenters. The van der Waals surface area contributed by atoms with Crippen LogP contribution in [0.3, 0.4) is 0 Å². The first-order valence-electron chi connectivity index (χ1n) is 4.42. The van der Waals surface area contributed by atoms with E-state index in [9.17, 15) is 9.59 Å². The smallest absolute Gasteiger partial charge is 0.306 e. The highest BCUT2D eigenvalue weighted by Gasteiger charge is 2.69. The van der Waals surface area contributed by atoms with Gasteiger partial charge in [0.15, 0.2) is 0 Å². The van der Waals surface area contributed by atoms with Gasteiger partial charge in [-0.15, -0.1) is 0 Å². The van der Waals surface area contributed by atoms with Crippen molar-refractivity contribution in [1.29, 1.82) is 0 Å². The summed E-state index contributed by atoms with van der Waals surface area (Å²) in [5.74, 6) is 0.627. The van der Waals surface area contributed by atoms with Gasteiger partial charge in [0.25, 0.3) is 0 Å². The fourth-order valence-corrected chi connectivity index (χ4v) is 3.00. The van der Waals surface area contributed by atoms with Crippen molar-refractivity contribution in [3.05, 3.63) is 0 Å². The summed E-state index contributed by atoms with van der Waals surface area (Å²) >= 11 is 0. The zero-order valence-electron chi connectivity index (χ0n) is 6.66. The Hall–Kier alpha value is -0.860. The van der Waals surface area contributed by atoms with Crippen LogP contribution in [-0.4, -0.2) is 18.4 Å². The van der Waals surface area contributed by atoms with Gasteiger partial charge in [0.2, 0.25) is 0 Å². The van der Waals surface area contributed by atoms with Gasteiger partial charge in [0.05, 0.1) is 6.42 Å². The summed E-state index contributed by atoms with van der Waals surface area (Å²) in [6.07, 6.45) is 3.52. The maximum atomic E-state index is 10.9. The fraction of sp³-hybridized carbons (Fsp3) is 0.778. The van der Waals surface area contributed by atoms with Crippen LogP contribution in [0.1, 0.15) is 19.3 Å². The maximum Gasteiger partial charge on any atom is 0.306 e. The molecule has 3 nitrogen and oxygen atoms in total. The normalized spacial score (nSPS) is 54.3. The molecule has 1 saturated heterocycles. The Morgan fingerprint density at radius 2 is 2.42 bits per heavy atom. The minimum Gasteiger partial charge on any atom is -0.462 e.